The zero-order valence-electron chi connectivity index (χ0n) is 4.91. The second kappa shape index (κ2) is 5.37. The van der Waals surface area contributed by atoms with Crippen LogP contribution in [0.25, 0.3) is 0 Å². The minimum Gasteiger partial charge on any atom is -0.370 e. The molecular weight excluding hydrogens is 136 g/mol. The highest BCUT2D eigenvalue weighted by Gasteiger charge is 1.87. The van der Waals surface area contributed by atoms with Gasteiger partial charge in [0.15, 0.2) is 0 Å². The van der Waals surface area contributed by atoms with Crippen LogP contribution in [0.4, 0.5) is 0 Å². The van der Waals surface area contributed by atoms with Crippen LogP contribution in [0.3, 0.4) is 0 Å². The molecule has 4 heteroatoms. The summed E-state index contributed by atoms with van der Waals surface area (Å²) in [5.74, 6) is -0.337. The fourth-order valence-corrected chi connectivity index (χ4v) is 0.378. The average molecular weight is 144 g/mol. The van der Waals surface area contributed by atoms with Crippen molar-refractivity contribution in [3.05, 3.63) is 0 Å². The van der Waals surface area contributed by atoms with Crippen molar-refractivity contribution in [3.8, 4) is 0 Å². The first-order valence-electron chi connectivity index (χ1n) is 2.49. The van der Waals surface area contributed by atoms with E-state index in [1.807, 2.05) is 0 Å². The maximum absolute atomic E-state index is 10.1. The minimum absolute atomic E-state index is 0.291. The van der Waals surface area contributed by atoms with E-state index in [0.29, 0.717) is 13.0 Å². The van der Waals surface area contributed by atoms with Crippen molar-refractivity contribution < 1.29 is 4.79 Å². The van der Waals surface area contributed by atoms with Crippen LogP contribution in [0.2, 0.25) is 0 Å². The van der Waals surface area contributed by atoms with Gasteiger partial charge in [-0.2, -0.15) is 0 Å². The van der Waals surface area contributed by atoms with Gasteiger partial charge in [-0.05, 0) is 0 Å². The van der Waals surface area contributed by atoms with Crippen molar-refractivity contribution in [2.24, 2.45) is 10.7 Å². The smallest absolute Gasteiger partial charge is 0.219 e. The van der Waals surface area contributed by atoms with Crippen molar-refractivity contribution in [1.29, 1.82) is 0 Å². The van der Waals surface area contributed by atoms with Crippen LogP contribution in [0.1, 0.15) is 6.42 Å². The quantitative estimate of drug-likeness (QED) is 0.443. The number of nitrogens with two attached hydrogens (primary N) is 1. The zero-order valence-corrected chi connectivity index (χ0v) is 5.73. The molecular formula is C5H8N2OS. The Morgan fingerprint density at radius 1 is 1.78 bits per heavy atom. The summed E-state index contributed by atoms with van der Waals surface area (Å²) in [5.41, 5.74) is 4.83. The van der Waals surface area contributed by atoms with Crippen molar-refractivity contribution in [1.82, 2.24) is 0 Å². The number of rotatable bonds is 4. The molecule has 9 heavy (non-hydrogen) atoms. The molecule has 0 saturated heterocycles. The van der Waals surface area contributed by atoms with Crippen molar-refractivity contribution in [2.45, 2.75) is 6.42 Å². The number of carbonyl (C=O) groups excluding carboxylic acids is 1. The number of amides is 1. The molecule has 0 aliphatic heterocycles. The van der Waals surface area contributed by atoms with Gasteiger partial charge >= 0.3 is 0 Å². The highest BCUT2D eigenvalue weighted by molar-refractivity contribution is 7.80. The first kappa shape index (κ1) is 8.23. The van der Waals surface area contributed by atoms with Crippen molar-refractivity contribution >= 4 is 29.7 Å². The lowest BCUT2D eigenvalue weighted by atomic mass is 10.4. The molecule has 0 bridgehead atoms. The summed E-state index contributed by atoms with van der Waals surface area (Å²) in [4.78, 5) is 13.8. The molecule has 0 aromatic heterocycles. The third-order valence-electron chi connectivity index (χ3n) is 0.654. The fraction of sp³-hybridized carbons (Fsp3) is 0.400. The van der Waals surface area contributed by atoms with E-state index in [4.69, 9.17) is 5.73 Å². The van der Waals surface area contributed by atoms with E-state index in [9.17, 15) is 4.79 Å². The second-order valence-corrected chi connectivity index (χ2v) is 1.68. The van der Waals surface area contributed by atoms with Gasteiger partial charge in [0.1, 0.15) is 0 Å². The number of carbonyl (C=O) groups is 1. The average Bonchev–Trinajstić information content (AvgIpc) is 1.80. The SMILES string of the molecule is NC(=O)CCN=CC=S. The molecule has 0 atom stereocenters. The first-order chi connectivity index (χ1) is 4.27. The minimum atomic E-state index is -0.337. The maximum Gasteiger partial charge on any atom is 0.219 e. The molecule has 2 N–H and O–H groups in total. The molecule has 0 aliphatic carbocycles. The van der Waals surface area contributed by atoms with Gasteiger partial charge in [0.25, 0.3) is 0 Å². The molecule has 0 heterocycles. The molecule has 0 unspecified atom stereocenters. The van der Waals surface area contributed by atoms with E-state index in [-0.39, 0.29) is 5.91 Å². The lowest BCUT2D eigenvalue weighted by Gasteiger charge is -1.85. The van der Waals surface area contributed by atoms with E-state index in [1.54, 1.807) is 0 Å². The predicted octanol–water partition coefficient (Wildman–Crippen LogP) is -0.0677. The predicted molar refractivity (Wildman–Crippen MR) is 40.8 cm³/mol. The zero-order chi connectivity index (χ0) is 7.11. The van der Waals surface area contributed by atoms with Gasteiger partial charge in [0, 0.05) is 24.5 Å². The molecule has 3 nitrogen and oxygen atoms in total. The van der Waals surface area contributed by atoms with Crippen LogP contribution in [-0.2, 0) is 4.79 Å². The fourth-order valence-electron chi connectivity index (χ4n) is 0.292. The lowest BCUT2D eigenvalue weighted by Crippen LogP contribution is -2.11. The Hall–Kier alpha value is -0.770. The van der Waals surface area contributed by atoms with E-state index < -0.39 is 0 Å². The van der Waals surface area contributed by atoms with Crippen LogP contribution < -0.4 is 5.73 Å². The topological polar surface area (TPSA) is 55.5 Å². The van der Waals surface area contributed by atoms with Crippen molar-refractivity contribution in [3.63, 3.8) is 0 Å². The van der Waals surface area contributed by atoms with Crippen LogP contribution in [-0.4, -0.2) is 24.0 Å². The van der Waals surface area contributed by atoms with Gasteiger partial charge < -0.3 is 5.73 Å². The van der Waals surface area contributed by atoms with Crippen LogP contribution in [0, 0.1) is 0 Å². The summed E-state index contributed by atoms with van der Waals surface area (Å²) in [6, 6.07) is 0. The number of hydrogen-bond donors (Lipinski definition) is 1. The Labute approximate surface area is 59.0 Å². The van der Waals surface area contributed by atoms with Crippen LogP contribution >= 0.6 is 12.2 Å². The molecule has 0 rings (SSSR count). The molecule has 0 fully saturated rings. The maximum atomic E-state index is 10.1. The highest BCUT2D eigenvalue weighted by atomic mass is 32.1. The molecule has 0 saturated carbocycles. The Balaban J connectivity index is 3.19. The first-order valence-corrected chi connectivity index (χ1v) is 2.96. The van der Waals surface area contributed by atoms with E-state index >= 15 is 0 Å². The molecule has 0 aromatic rings. The van der Waals surface area contributed by atoms with Gasteiger partial charge in [-0.3, -0.25) is 9.79 Å². The molecule has 0 aromatic carbocycles. The van der Waals surface area contributed by atoms with E-state index in [0.717, 1.165) is 0 Å². The standard InChI is InChI=1S/C5H8N2OS/c6-5(8)1-2-7-3-4-9/h3-4H,1-2H2,(H2,6,8). The number of hydrogen-bond acceptors (Lipinski definition) is 3. The molecule has 0 radical (unpaired) electrons. The number of aliphatic imine (C=N–C) groups is 1. The third kappa shape index (κ3) is 7.23. The Morgan fingerprint density at radius 2 is 2.44 bits per heavy atom. The Kier molecular flexibility index (Phi) is 4.91. The Morgan fingerprint density at radius 3 is 2.89 bits per heavy atom. The summed E-state index contributed by atoms with van der Waals surface area (Å²) in [6.45, 7) is 0.433. The van der Waals surface area contributed by atoms with Gasteiger partial charge in [-0.15, -0.1) is 0 Å². The summed E-state index contributed by atoms with van der Waals surface area (Å²) in [5, 5.41) is 1.39. The summed E-state index contributed by atoms with van der Waals surface area (Å²) in [6.07, 6.45) is 1.76. The number of primary amides is 1. The summed E-state index contributed by atoms with van der Waals surface area (Å²) >= 11 is 4.44. The molecule has 50 valence electrons. The lowest BCUT2D eigenvalue weighted by molar-refractivity contribution is -0.117. The molecule has 0 aliphatic rings. The third-order valence-corrected chi connectivity index (χ3v) is 0.775. The Bertz CT molecular complexity index is 133. The van der Waals surface area contributed by atoms with Crippen molar-refractivity contribution in [2.75, 3.05) is 6.54 Å². The van der Waals surface area contributed by atoms with Gasteiger partial charge in [-0.25, -0.2) is 0 Å². The number of nitrogens with zero attached hydrogens (tertiary/aromatic N) is 1. The van der Waals surface area contributed by atoms with Crippen LogP contribution in [0.5, 0.6) is 0 Å². The summed E-state index contributed by atoms with van der Waals surface area (Å²) < 4.78 is 0. The van der Waals surface area contributed by atoms with E-state index in [1.165, 1.54) is 11.6 Å². The monoisotopic (exact) mass is 144 g/mol. The largest absolute Gasteiger partial charge is 0.370 e. The van der Waals surface area contributed by atoms with E-state index in [2.05, 4.69) is 17.2 Å². The van der Waals surface area contributed by atoms with Gasteiger partial charge in [-0.1, -0.05) is 12.2 Å². The second-order valence-electron chi connectivity index (χ2n) is 1.41. The van der Waals surface area contributed by atoms with Gasteiger partial charge in [0.05, 0.1) is 0 Å². The van der Waals surface area contributed by atoms with Gasteiger partial charge in [0.2, 0.25) is 5.91 Å². The normalized spacial score (nSPS) is 9.78. The van der Waals surface area contributed by atoms with Crippen LogP contribution in [0.15, 0.2) is 4.99 Å². The molecule has 1 amide bonds. The molecule has 0 spiro atoms. The highest BCUT2D eigenvalue weighted by Crippen LogP contribution is 1.75. The summed E-state index contributed by atoms with van der Waals surface area (Å²) in [7, 11) is 0. The number of thiocarbonyl (C=S) groups is 1.